The average Bonchev–Trinajstić information content (AvgIpc) is 3.10. The Hall–Kier alpha value is -1.96. The summed E-state index contributed by atoms with van der Waals surface area (Å²) in [7, 11) is 0. The second-order valence-electron chi connectivity index (χ2n) is 10.7. The lowest BCUT2D eigenvalue weighted by molar-refractivity contribution is -0.143. The van der Waals surface area contributed by atoms with Crippen LogP contribution in [-0.2, 0) is 15.0 Å². The molecule has 1 aliphatic heterocycles. The molecule has 6 rings (SSSR count). The standard InChI is InChI=1S/C26H31ClN4O2S/c27-16-5-6-17-18(15-16)34-23(30-17)26(22(29)33)20-8-7-19(24(20)10-11-24)25(26,21(28)32)9-1-2-12-31-13-3-4-14-31/h5-8,15,19-20H,1-4,9-14H2,(H2,28,32)(H2,29,33)/t19-,20+,25+,26-/m1/s1. The predicted octanol–water partition coefficient (Wildman–Crippen LogP) is 4.01. The number of unbranched alkanes of at least 4 members (excludes halogenated alkanes) is 1. The first-order valence-electron chi connectivity index (χ1n) is 12.4. The maximum absolute atomic E-state index is 13.6. The summed E-state index contributed by atoms with van der Waals surface area (Å²) in [6.07, 6.45) is 11.2. The maximum atomic E-state index is 13.6. The predicted molar refractivity (Wildman–Crippen MR) is 134 cm³/mol. The van der Waals surface area contributed by atoms with Crippen molar-refractivity contribution in [1.82, 2.24) is 9.88 Å². The highest BCUT2D eigenvalue weighted by Gasteiger charge is 2.83. The number of hydrogen-bond acceptors (Lipinski definition) is 5. The van der Waals surface area contributed by atoms with Crippen LogP contribution in [-0.4, -0.2) is 41.3 Å². The summed E-state index contributed by atoms with van der Waals surface area (Å²) in [6, 6.07) is 5.53. The number of hydrogen-bond donors (Lipinski definition) is 2. The highest BCUT2D eigenvalue weighted by Crippen LogP contribution is 2.81. The minimum absolute atomic E-state index is 0.0719. The van der Waals surface area contributed by atoms with E-state index in [1.54, 1.807) is 6.07 Å². The summed E-state index contributed by atoms with van der Waals surface area (Å²) in [5, 5.41) is 1.24. The molecular weight excluding hydrogens is 468 g/mol. The molecule has 1 spiro atoms. The number of likely N-dealkylation sites (tertiary alicyclic amines) is 1. The number of allylic oxidation sites excluding steroid dienone is 2. The van der Waals surface area contributed by atoms with Crippen molar-refractivity contribution >= 4 is 45.0 Å². The largest absolute Gasteiger partial charge is 0.369 e. The van der Waals surface area contributed by atoms with Crippen LogP contribution in [0.4, 0.5) is 0 Å². The van der Waals surface area contributed by atoms with Crippen molar-refractivity contribution in [3.63, 3.8) is 0 Å². The molecule has 34 heavy (non-hydrogen) atoms. The molecule has 3 aliphatic carbocycles. The van der Waals surface area contributed by atoms with E-state index in [0.717, 1.165) is 55.5 Å². The molecule has 2 heterocycles. The molecule has 3 fully saturated rings. The van der Waals surface area contributed by atoms with Gasteiger partial charge in [0, 0.05) is 10.9 Å². The van der Waals surface area contributed by atoms with Crippen molar-refractivity contribution in [2.45, 2.75) is 50.4 Å². The van der Waals surface area contributed by atoms with Crippen LogP contribution >= 0.6 is 22.9 Å². The lowest BCUT2D eigenvalue weighted by Crippen LogP contribution is -2.62. The number of benzene rings is 1. The van der Waals surface area contributed by atoms with Crippen molar-refractivity contribution in [1.29, 1.82) is 0 Å². The minimum atomic E-state index is -1.22. The molecule has 4 atom stereocenters. The third-order valence-corrected chi connectivity index (χ3v) is 10.7. The molecule has 2 amide bonds. The lowest BCUT2D eigenvalue weighted by atomic mass is 9.55. The molecule has 180 valence electrons. The van der Waals surface area contributed by atoms with E-state index in [9.17, 15) is 9.59 Å². The van der Waals surface area contributed by atoms with E-state index in [-0.39, 0.29) is 17.3 Å². The van der Waals surface area contributed by atoms with E-state index in [1.165, 1.54) is 24.2 Å². The Kier molecular flexibility index (Phi) is 5.14. The Morgan fingerprint density at radius 2 is 1.82 bits per heavy atom. The van der Waals surface area contributed by atoms with Gasteiger partial charge in [-0.15, -0.1) is 11.3 Å². The second kappa shape index (κ2) is 7.77. The van der Waals surface area contributed by atoms with Gasteiger partial charge in [-0.1, -0.05) is 30.2 Å². The monoisotopic (exact) mass is 498 g/mol. The maximum Gasteiger partial charge on any atom is 0.232 e. The van der Waals surface area contributed by atoms with Gasteiger partial charge in [0.2, 0.25) is 11.8 Å². The van der Waals surface area contributed by atoms with E-state index < -0.39 is 22.6 Å². The average molecular weight is 499 g/mol. The zero-order valence-electron chi connectivity index (χ0n) is 19.3. The number of halogens is 1. The number of amides is 2. The van der Waals surface area contributed by atoms with Gasteiger partial charge in [0.1, 0.15) is 10.4 Å². The Bertz CT molecular complexity index is 1200. The normalized spacial score (nSPS) is 33.3. The van der Waals surface area contributed by atoms with Crippen LogP contribution in [0.5, 0.6) is 0 Å². The number of primary amides is 2. The smallest absolute Gasteiger partial charge is 0.232 e. The molecular formula is C26H31ClN4O2S. The summed E-state index contributed by atoms with van der Waals surface area (Å²) in [5.41, 5.74) is 11.0. The number of aromatic nitrogens is 1. The molecule has 2 aromatic rings. The number of fused-ring (bicyclic) bond motifs is 1. The molecule has 0 radical (unpaired) electrons. The van der Waals surface area contributed by atoms with Crippen molar-refractivity contribution in [2.75, 3.05) is 19.6 Å². The van der Waals surface area contributed by atoms with Gasteiger partial charge in [-0.05, 0) is 87.7 Å². The second-order valence-corrected chi connectivity index (χ2v) is 12.2. The van der Waals surface area contributed by atoms with Gasteiger partial charge in [0.25, 0.3) is 0 Å². The molecule has 0 unspecified atom stereocenters. The zero-order valence-corrected chi connectivity index (χ0v) is 20.8. The van der Waals surface area contributed by atoms with Crippen LogP contribution in [0.15, 0.2) is 30.4 Å². The number of thiazole rings is 1. The Balaban J connectivity index is 1.46. The van der Waals surface area contributed by atoms with Gasteiger partial charge in [-0.25, -0.2) is 4.98 Å². The van der Waals surface area contributed by atoms with Gasteiger partial charge in [-0.2, -0.15) is 0 Å². The van der Waals surface area contributed by atoms with E-state index in [4.69, 9.17) is 28.1 Å². The molecule has 4 N–H and O–H groups in total. The first-order valence-corrected chi connectivity index (χ1v) is 13.6. The topological polar surface area (TPSA) is 102 Å². The van der Waals surface area contributed by atoms with Crippen LogP contribution in [0.3, 0.4) is 0 Å². The van der Waals surface area contributed by atoms with Gasteiger partial charge in [-0.3, -0.25) is 9.59 Å². The Morgan fingerprint density at radius 3 is 2.50 bits per heavy atom. The molecule has 4 aliphatic rings. The van der Waals surface area contributed by atoms with Gasteiger partial charge in [0.05, 0.1) is 15.6 Å². The first-order chi connectivity index (χ1) is 16.4. The SMILES string of the molecule is NC(=O)[C@]1(CCCCN2CCCC2)[C@@H]2C=C[C@@H](C23CC3)[C@@]1(C(N)=O)c1nc2ccc(Cl)cc2s1. The molecule has 1 aromatic heterocycles. The fraction of sp³-hybridized carbons (Fsp3) is 0.577. The summed E-state index contributed by atoms with van der Waals surface area (Å²) >= 11 is 7.68. The molecule has 2 bridgehead atoms. The minimum Gasteiger partial charge on any atom is -0.369 e. The number of nitrogens with zero attached hydrogens (tertiary/aromatic N) is 2. The van der Waals surface area contributed by atoms with Gasteiger partial charge >= 0.3 is 0 Å². The number of nitrogens with two attached hydrogens (primary N) is 2. The molecule has 1 saturated heterocycles. The third-order valence-electron chi connectivity index (χ3n) is 9.27. The highest BCUT2D eigenvalue weighted by atomic mass is 35.5. The Labute approximate surface area is 208 Å². The van der Waals surface area contributed by atoms with Crippen LogP contribution < -0.4 is 11.5 Å². The van der Waals surface area contributed by atoms with Crippen LogP contribution in [0.1, 0.15) is 50.0 Å². The molecule has 8 heteroatoms. The lowest BCUT2D eigenvalue weighted by Gasteiger charge is -2.46. The first kappa shape index (κ1) is 22.5. The van der Waals surface area contributed by atoms with E-state index in [2.05, 4.69) is 17.1 Å². The van der Waals surface area contributed by atoms with Crippen molar-refractivity contribution < 1.29 is 9.59 Å². The Morgan fingerprint density at radius 1 is 1.09 bits per heavy atom. The highest BCUT2D eigenvalue weighted by molar-refractivity contribution is 7.18. The molecule has 6 nitrogen and oxygen atoms in total. The molecule has 1 aromatic carbocycles. The van der Waals surface area contributed by atoms with Crippen LogP contribution in [0.2, 0.25) is 5.02 Å². The quantitative estimate of drug-likeness (QED) is 0.424. The van der Waals surface area contributed by atoms with Crippen molar-refractivity contribution in [3.8, 4) is 0 Å². The third kappa shape index (κ3) is 2.80. The van der Waals surface area contributed by atoms with E-state index in [0.29, 0.717) is 16.5 Å². The van der Waals surface area contributed by atoms with Gasteiger partial charge < -0.3 is 16.4 Å². The summed E-state index contributed by atoms with van der Waals surface area (Å²) < 4.78 is 0.895. The van der Waals surface area contributed by atoms with E-state index >= 15 is 0 Å². The summed E-state index contributed by atoms with van der Waals surface area (Å²) in [6.45, 7) is 3.32. The van der Waals surface area contributed by atoms with Crippen LogP contribution in [0.25, 0.3) is 10.2 Å². The van der Waals surface area contributed by atoms with Crippen LogP contribution in [0, 0.1) is 22.7 Å². The summed E-state index contributed by atoms with van der Waals surface area (Å²) in [5.74, 6) is -1.10. The number of carbonyl (C=O) groups is 2. The fourth-order valence-electron chi connectivity index (χ4n) is 7.76. The number of rotatable bonds is 8. The van der Waals surface area contributed by atoms with Crippen molar-refractivity contribution in [3.05, 3.63) is 40.4 Å². The van der Waals surface area contributed by atoms with Crippen molar-refractivity contribution in [2.24, 2.45) is 34.1 Å². The van der Waals surface area contributed by atoms with Gasteiger partial charge in [0.15, 0.2) is 0 Å². The molecule has 2 saturated carbocycles. The zero-order chi connectivity index (χ0) is 23.7. The number of carbonyl (C=O) groups excluding carboxylic acids is 2. The fourth-order valence-corrected chi connectivity index (χ4v) is 9.32. The van der Waals surface area contributed by atoms with E-state index in [1.807, 2.05) is 12.1 Å². The summed E-state index contributed by atoms with van der Waals surface area (Å²) in [4.78, 5) is 34.6.